The smallest absolute Gasteiger partial charge is 0.128 e. The van der Waals surface area contributed by atoms with E-state index in [2.05, 4.69) is 12.6 Å². The van der Waals surface area contributed by atoms with E-state index in [9.17, 15) is 0 Å². The molecule has 0 aromatic rings. The van der Waals surface area contributed by atoms with Gasteiger partial charge in [-0.1, -0.05) is 11.6 Å². The predicted molar refractivity (Wildman–Crippen MR) is 44.6 cm³/mol. The van der Waals surface area contributed by atoms with Crippen LogP contribution in [0.25, 0.3) is 0 Å². The van der Waals surface area contributed by atoms with E-state index in [4.69, 9.17) is 28.3 Å². The van der Waals surface area contributed by atoms with E-state index in [1.165, 1.54) is 0 Å². The lowest BCUT2D eigenvalue weighted by molar-refractivity contribution is 0.242. The van der Waals surface area contributed by atoms with Crippen LogP contribution >= 0.6 is 35.8 Å². The molecule has 0 heterocycles. The predicted octanol–water partition coefficient (Wildman–Crippen LogP) is 1.86. The molecule has 1 nitrogen and oxygen atoms in total. The average molecular weight is 189 g/mol. The van der Waals surface area contributed by atoms with Gasteiger partial charge in [0.2, 0.25) is 0 Å². The molecule has 0 amide bonds. The summed E-state index contributed by atoms with van der Waals surface area (Å²) in [5.41, 5.74) is -0.747. The lowest BCUT2D eigenvalue weighted by Gasteiger charge is -2.05. The van der Waals surface area contributed by atoms with Crippen LogP contribution in [0.15, 0.2) is 0 Å². The average Bonchev–Trinajstić information content (AvgIpc) is 1.83. The topological polar surface area (TPSA) is 20.2 Å². The Morgan fingerprint density at radius 1 is 1.44 bits per heavy atom. The minimum absolute atomic E-state index is 0.153. The highest BCUT2D eigenvalue weighted by Crippen LogP contribution is 2.10. The van der Waals surface area contributed by atoms with Crippen molar-refractivity contribution in [1.82, 2.24) is 0 Å². The van der Waals surface area contributed by atoms with Crippen molar-refractivity contribution < 1.29 is 5.11 Å². The maximum Gasteiger partial charge on any atom is 0.128 e. The highest BCUT2D eigenvalue weighted by atomic mass is 35.5. The molecule has 0 aliphatic carbocycles. The summed E-state index contributed by atoms with van der Waals surface area (Å²) in [5, 5.41) is 8.74. The third-order valence-corrected chi connectivity index (χ3v) is 2.16. The Bertz CT molecular complexity index is 70.0. The number of aliphatic hydroxyl groups is 1. The van der Waals surface area contributed by atoms with Crippen molar-refractivity contribution in [2.45, 2.75) is 23.7 Å². The van der Waals surface area contributed by atoms with E-state index in [-0.39, 0.29) is 5.25 Å². The summed E-state index contributed by atoms with van der Waals surface area (Å²) in [6.07, 6.45) is 1.32. The normalized spacial score (nSPS) is 17.3. The Hall–Kier alpha value is 0.890. The van der Waals surface area contributed by atoms with Crippen LogP contribution in [-0.2, 0) is 0 Å². The molecule has 9 heavy (non-hydrogen) atoms. The molecule has 0 aromatic heterocycles. The summed E-state index contributed by atoms with van der Waals surface area (Å²) in [6, 6.07) is 0. The largest absolute Gasteiger partial charge is 0.378 e. The lowest BCUT2D eigenvalue weighted by Crippen LogP contribution is -2.04. The molecule has 0 spiro atoms. The van der Waals surface area contributed by atoms with Crippen molar-refractivity contribution in [2.75, 3.05) is 5.88 Å². The zero-order chi connectivity index (χ0) is 7.28. The van der Waals surface area contributed by atoms with Gasteiger partial charge in [-0.25, -0.2) is 0 Å². The third-order valence-electron chi connectivity index (χ3n) is 0.916. The molecule has 0 fully saturated rings. The Morgan fingerprint density at radius 3 is 2.33 bits per heavy atom. The molecule has 0 rings (SSSR count). The van der Waals surface area contributed by atoms with Gasteiger partial charge in [0, 0.05) is 11.1 Å². The van der Waals surface area contributed by atoms with Gasteiger partial charge < -0.3 is 5.11 Å². The van der Waals surface area contributed by atoms with E-state index >= 15 is 0 Å². The van der Waals surface area contributed by atoms with Crippen molar-refractivity contribution in [1.29, 1.82) is 0 Å². The number of rotatable bonds is 4. The Labute approximate surface area is 70.8 Å². The Kier molecular flexibility index (Phi) is 6.22. The van der Waals surface area contributed by atoms with Crippen molar-refractivity contribution >= 4 is 35.8 Å². The Morgan fingerprint density at radius 2 is 2.00 bits per heavy atom. The molecule has 0 aliphatic heterocycles. The molecule has 0 saturated heterocycles. The lowest BCUT2D eigenvalue weighted by atomic mass is 10.2. The van der Waals surface area contributed by atoms with Crippen LogP contribution < -0.4 is 0 Å². The summed E-state index contributed by atoms with van der Waals surface area (Å²) in [6.45, 7) is 0. The first-order valence-corrected chi connectivity index (χ1v) is 4.21. The van der Waals surface area contributed by atoms with Crippen molar-refractivity contribution in [3.63, 3.8) is 0 Å². The summed E-state index contributed by atoms with van der Waals surface area (Å²) in [5.74, 6) is 0.507. The van der Waals surface area contributed by atoms with Crippen molar-refractivity contribution in [3.05, 3.63) is 0 Å². The fourth-order valence-corrected chi connectivity index (χ4v) is 0.836. The van der Waals surface area contributed by atoms with Gasteiger partial charge in [-0.15, -0.1) is 11.6 Å². The number of hydrogen-bond donors (Lipinski definition) is 2. The Balaban J connectivity index is 3.06. The summed E-state index contributed by atoms with van der Waals surface area (Å²) >= 11 is 14.8. The van der Waals surface area contributed by atoms with Crippen LogP contribution in [0, 0.1) is 0 Å². The van der Waals surface area contributed by atoms with Gasteiger partial charge >= 0.3 is 0 Å². The van der Waals surface area contributed by atoms with E-state index in [0.29, 0.717) is 12.3 Å². The second-order valence-corrected chi connectivity index (χ2v) is 3.36. The molecule has 0 aliphatic rings. The molecule has 0 bridgehead atoms. The molecule has 0 aromatic carbocycles. The SMILES string of the molecule is OC(Cl)CCC(S)CCl. The molecular formula is C5H10Cl2OS. The zero-order valence-electron chi connectivity index (χ0n) is 4.93. The van der Waals surface area contributed by atoms with Gasteiger partial charge in [-0.3, -0.25) is 0 Å². The van der Waals surface area contributed by atoms with Crippen molar-refractivity contribution in [2.24, 2.45) is 0 Å². The van der Waals surface area contributed by atoms with Gasteiger partial charge in [-0.2, -0.15) is 12.6 Å². The molecule has 56 valence electrons. The van der Waals surface area contributed by atoms with Crippen LogP contribution in [0.4, 0.5) is 0 Å². The maximum absolute atomic E-state index is 8.59. The third kappa shape index (κ3) is 6.78. The second-order valence-electron chi connectivity index (χ2n) is 1.82. The van der Waals surface area contributed by atoms with Gasteiger partial charge in [0.25, 0.3) is 0 Å². The first kappa shape index (κ1) is 9.89. The second kappa shape index (κ2) is 5.66. The minimum atomic E-state index is -0.747. The standard InChI is InChI=1S/C5H10Cl2OS/c6-3-4(9)1-2-5(7)8/h4-5,8-9H,1-3H2. The minimum Gasteiger partial charge on any atom is -0.378 e. The zero-order valence-corrected chi connectivity index (χ0v) is 7.33. The van der Waals surface area contributed by atoms with Gasteiger partial charge in [0.05, 0.1) is 0 Å². The highest BCUT2D eigenvalue weighted by molar-refractivity contribution is 7.81. The first-order chi connectivity index (χ1) is 4.16. The fourth-order valence-electron chi connectivity index (χ4n) is 0.407. The van der Waals surface area contributed by atoms with Crippen LogP contribution in [0.3, 0.4) is 0 Å². The summed E-state index contributed by atoms with van der Waals surface area (Å²) < 4.78 is 0. The molecule has 0 radical (unpaired) electrons. The van der Waals surface area contributed by atoms with E-state index in [1.54, 1.807) is 0 Å². The maximum atomic E-state index is 8.59. The number of aliphatic hydroxyl groups excluding tert-OH is 1. The van der Waals surface area contributed by atoms with Gasteiger partial charge in [0.15, 0.2) is 0 Å². The molecular weight excluding hydrogens is 179 g/mol. The van der Waals surface area contributed by atoms with Crippen LogP contribution in [0.5, 0.6) is 0 Å². The van der Waals surface area contributed by atoms with Crippen LogP contribution in [0.1, 0.15) is 12.8 Å². The molecule has 2 atom stereocenters. The molecule has 0 saturated carbocycles. The first-order valence-electron chi connectivity index (χ1n) is 2.73. The van der Waals surface area contributed by atoms with Gasteiger partial charge in [0.1, 0.15) is 5.56 Å². The monoisotopic (exact) mass is 188 g/mol. The van der Waals surface area contributed by atoms with E-state index < -0.39 is 5.56 Å². The van der Waals surface area contributed by atoms with Crippen molar-refractivity contribution in [3.8, 4) is 0 Å². The van der Waals surface area contributed by atoms with Gasteiger partial charge in [-0.05, 0) is 12.8 Å². The van der Waals surface area contributed by atoms with E-state index in [1.807, 2.05) is 0 Å². The van der Waals surface area contributed by atoms with E-state index in [0.717, 1.165) is 6.42 Å². The number of thiol groups is 1. The molecule has 1 N–H and O–H groups in total. The number of halogens is 2. The number of hydrogen-bond acceptors (Lipinski definition) is 2. The molecule has 4 heteroatoms. The molecule has 2 unspecified atom stereocenters. The highest BCUT2D eigenvalue weighted by Gasteiger charge is 2.03. The van der Waals surface area contributed by atoms with Crippen LogP contribution in [-0.4, -0.2) is 21.8 Å². The summed E-state index contributed by atoms with van der Waals surface area (Å²) in [4.78, 5) is 0. The van der Waals surface area contributed by atoms with Crippen LogP contribution in [0.2, 0.25) is 0 Å². The number of alkyl halides is 2. The fraction of sp³-hybridized carbons (Fsp3) is 1.00. The quantitative estimate of drug-likeness (QED) is 0.510. The summed E-state index contributed by atoms with van der Waals surface area (Å²) in [7, 11) is 0.